The summed E-state index contributed by atoms with van der Waals surface area (Å²) in [7, 11) is 6.08. The van der Waals surface area contributed by atoms with Gasteiger partial charge in [0.25, 0.3) is 5.91 Å². The Morgan fingerprint density at radius 1 is 1.18 bits per heavy atom. The van der Waals surface area contributed by atoms with Gasteiger partial charge >= 0.3 is 0 Å². The van der Waals surface area contributed by atoms with E-state index in [0.717, 1.165) is 29.6 Å². The summed E-state index contributed by atoms with van der Waals surface area (Å²) in [4.78, 5) is 25.1. The molecule has 1 fully saturated rings. The highest BCUT2D eigenvalue weighted by atomic mass is 16.5. The summed E-state index contributed by atoms with van der Waals surface area (Å²) in [6, 6.07) is 5.77. The van der Waals surface area contributed by atoms with Crippen LogP contribution >= 0.6 is 0 Å². The number of hydrogen-bond donors (Lipinski definition) is 3. The third-order valence-electron chi connectivity index (χ3n) is 8.31. The first-order valence-electron chi connectivity index (χ1n) is 13.4. The average molecular weight is 513 g/mol. The Hall–Kier alpha value is -2.83. The van der Waals surface area contributed by atoms with Crippen molar-refractivity contribution < 1.29 is 14.6 Å². The maximum absolute atomic E-state index is 13.1. The van der Waals surface area contributed by atoms with E-state index in [4.69, 9.17) is 15.0 Å². The van der Waals surface area contributed by atoms with Gasteiger partial charge in [-0.1, -0.05) is 19.7 Å². The Morgan fingerprint density at radius 3 is 2.39 bits per heavy atom. The van der Waals surface area contributed by atoms with E-state index >= 15 is 0 Å². The van der Waals surface area contributed by atoms with Crippen molar-refractivity contribution in [3.63, 3.8) is 0 Å². The zero-order valence-electron chi connectivity index (χ0n) is 24.1. The van der Waals surface area contributed by atoms with Gasteiger partial charge in [-0.2, -0.15) is 5.26 Å². The summed E-state index contributed by atoms with van der Waals surface area (Å²) in [5.74, 6) is -0.0717. The number of aromatic amines is 1. The van der Waals surface area contributed by atoms with Crippen molar-refractivity contribution in [2.45, 2.75) is 89.2 Å². The highest BCUT2D eigenvalue weighted by Crippen LogP contribution is 2.52. The van der Waals surface area contributed by atoms with Crippen molar-refractivity contribution in [2.24, 2.45) is 5.41 Å². The molecular formula is C27H38B3N5O3. The third kappa shape index (κ3) is 5.48. The number of anilines is 1. The van der Waals surface area contributed by atoms with Gasteiger partial charge < -0.3 is 20.1 Å². The second-order valence-electron chi connectivity index (χ2n) is 13.3. The number of nitriles is 1. The molecule has 1 aliphatic carbocycles. The normalized spacial score (nSPS) is 26.5. The van der Waals surface area contributed by atoms with E-state index in [0.29, 0.717) is 17.8 Å². The van der Waals surface area contributed by atoms with Crippen LogP contribution in [0.3, 0.4) is 0 Å². The van der Waals surface area contributed by atoms with Crippen molar-refractivity contribution in [2.75, 3.05) is 5.32 Å². The first kappa shape index (κ1) is 28.2. The smallest absolute Gasteiger partial charge is 0.291 e. The molecule has 3 N–H and O–H groups in total. The SMILES string of the molecule is BC1=C(c2nc(C3CC(C)(C)OC(C)(C)C3)ccc2NC(=O)c2nc(C#N)c[nH]2)C(B)(O)CC(C)(C)C1B. The van der Waals surface area contributed by atoms with Gasteiger partial charge in [0.15, 0.2) is 11.5 Å². The fraction of sp³-hybridized carbons (Fsp3) is 0.556. The number of imidazole rings is 1. The minimum Gasteiger partial charge on any atom is -0.394 e. The van der Waals surface area contributed by atoms with Gasteiger partial charge in [0.05, 0.1) is 28.1 Å². The molecule has 2 atom stereocenters. The number of amides is 1. The van der Waals surface area contributed by atoms with Gasteiger partial charge in [-0.25, -0.2) is 4.98 Å². The quantitative estimate of drug-likeness (QED) is 0.537. The van der Waals surface area contributed by atoms with E-state index in [2.05, 4.69) is 72.5 Å². The molecule has 1 saturated heterocycles. The summed E-state index contributed by atoms with van der Waals surface area (Å²) in [5.41, 5.74) is 2.10. The number of ether oxygens (including phenoxy) is 1. The molecule has 0 bridgehead atoms. The largest absolute Gasteiger partial charge is 0.394 e. The summed E-state index contributed by atoms with van der Waals surface area (Å²) < 4.78 is 6.32. The van der Waals surface area contributed by atoms with Crippen molar-refractivity contribution in [3.8, 4) is 6.07 Å². The fourth-order valence-corrected chi connectivity index (χ4v) is 6.77. The molecule has 1 amide bonds. The van der Waals surface area contributed by atoms with Crippen LogP contribution in [0.25, 0.3) is 5.57 Å². The number of aliphatic hydroxyl groups is 1. The van der Waals surface area contributed by atoms with Gasteiger partial charge in [-0.15, -0.1) is 5.47 Å². The molecular weight excluding hydrogens is 475 g/mol. The van der Waals surface area contributed by atoms with Crippen LogP contribution < -0.4 is 5.32 Å². The Bertz CT molecular complexity index is 1320. The highest BCUT2D eigenvalue weighted by Gasteiger charge is 2.45. The molecule has 2 aromatic heterocycles. The van der Waals surface area contributed by atoms with E-state index < -0.39 is 11.4 Å². The number of rotatable bonds is 4. The zero-order valence-corrected chi connectivity index (χ0v) is 24.1. The molecule has 11 heteroatoms. The zero-order chi connectivity index (χ0) is 28.3. The highest BCUT2D eigenvalue weighted by molar-refractivity contribution is 6.36. The van der Waals surface area contributed by atoms with E-state index in [1.54, 1.807) is 0 Å². The predicted octanol–water partition coefficient (Wildman–Crippen LogP) is 1.90. The molecule has 0 aromatic carbocycles. The fourth-order valence-electron chi connectivity index (χ4n) is 6.77. The minimum absolute atomic E-state index is 0.0418. The third-order valence-corrected chi connectivity index (χ3v) is 8.31. The molecule has 3 heterocycles. The second kappa shape index (κ2) is 9.42. The molecule has 0 radical (unpaired) electrons. The first-order valence-corrected chi connectivity index (χ1v) is 13.4. The lowest BCUT2D eigenvalue weighted by Gasteiger charge is -2.47. The Labute approximate surface area is 228 Å². The molecule has 4 rings (SSSR count). The Kier molecular flexibility index (Phi) is 6.99. The number of nitrogens with zero attached hydrogens (tertiary/aromatic N) is 3. The van der Waals surface area contributed by atoms with Crippen LogP contribution in [-0.2, 0) is 4.74 Å². The van der Waals surface area contributed by atoms with Gasteiger partial charge in [0, 0.05) is 17.8 Å². The van der Waals surface area contributed by atoms with Crippen molar-refractivity contribution in [3.05, 3.63) is 46.7 Å². The summed E-state index contributed by atoms with van der Waals surface area (Å²) >= 11 is 0. The van der Waals surface area contributed by atoms with E-state index in [1.807, 2.05) is 26.0 Å². The number of carbonyl (C=O) groups excluding carboxylic acids is 1. The van der Waals surface area contributed by atoms with Gasteiger partial charge in [-0.05, 0) is 70.1 Å². The predicted molar refractivity (Wildman–Crippen MR) is 156 cm³/mol. The Morgan fingerprint density at radius 2 is 1.82 bits per heavy atom. The number of pyridine rings is 1. The topological polar surface area (TPSA) is 124 Å². The monoisotopic (exact) mass is 513 g/mol. The van der Waals surface area contributed by atoms with Gasteiger partial charge in [0.2, 0.25) is 0 Å². The van der Waals surface area contributed by atoms with Crippen molar-refractivity contribution >= 4 is 40.7 Å². The average Bonchev–Trinajstić information content (AvgIpc) is 3.25. The van der Waals surface area contributed by atoms with Gasteiger partial charge in [-0.3, -0.25) is 9.78 Å². The first-order chi connectivity index (χ1) is 17.4. The van der Waals surface area contributed by atoms with Crippen LogP contribution in [0.1, 0.15) is 94.4 Å². The van der Waals surface area contributed by atoms with Crippen LogP contribution in [0.15, 0.2) is 23.8 Å². The van der Waals surface area contributed by atoms with Crippen LogP contribution in [0, 0.1) is 16.7 Å². The molecule has 2 unspecified atom stereocenters. The molecule has 0 spiro atoms. The number of allylic oxidation sites excluding steroid dienone is 1. The number of H-pyrrole nitrogens is 1. The lowest BCUT2D eigenvalue weighted by molar-refractivity contribution is -0.162. The maximum atomic E-state index is 13.1. The molecule has 198 valence electrons. The molecule has 2 aromatic rings. The lowest BCUT2D eigenvalue weighted by Crippen LogP contribution is -2.45. The number of nitrogens with one attached hydrogen (secondary N) is 2. The number of carbonyl (C=O) groups is 1. The second-order valence-corrected chi connectivity index (χ2v) is 13.3. The van der Waals surface area contributed by atoms with Gasteiger partial charge in [0.1, 0.15) is 29.6 Å². The van der Waals surface area contributed by atoms with Crippen molar-refractivity contribution in [1.82, 2.24) is 15.0 Å². The standard InChI is InChI=1S/C27H38B3N5O3/c1-24(2)13-27(30,37)18(19(28)21(24)29)20-17(35-23(36)22-32-12-15(11-31)33-22)8-7-16(34-20)14-9-25(3,4)38-26(5,6)10-14/h7-8,12,14,21,37H,9-10,13,28-30H2,1-6H3,(H,32,33)(H,35,36). The number of aromatic nitrogens is 3. The molecule has 0 saturated carbocycles. The van der Waals surface area contributed by atoms with Crippen LogP contribution in [0.4, 0.5) is 5.69 Å². The molecule has 8 nitrogen and oxygen atoms in total. The summed E-state index contributed by atoms with van der Waals surface area (Å²) in [6.45, 7) is 12.8. The van der Waals surface area contributed by atoms with Crippen LogP contribution in [0.2, 0.25) is 5.82 Å². The summed E-state index contributed by atoms with van der Waals surface area (Å²) in [5, 5.41) is 23.8. The van der Waals surface area contributed by atoms with E-state index in [-0.39, 0.29) is 39.9 Å². The van der Waals surface area contributed by atoms with E-state index in [9.17, 15) is 9.90 Å². The molecule has 1 aliphatic heterocycles. The lowest BCUT2D eigenvalue weighted by atomic mass is 9.46. The molecule has 2 aliphatic rings. The maximum Gasteiger partial charge on any atom is 0.291 e. The Balaban J connectivity index is 1.85. The summed E-state index contributed by atoms with van der Waals surface area (Å²) in [6.07, 6.45) is 3.59. The minimum atomic E-state index is -1.14. The molecule has 38 heavy (non-hydrogen) atoms. The van der Waals surface area contributed by atoms with Crippen LogP contribution in [-0.4, -0.2) is 66.2 Å². The number of hydrogen-bond acceptors (Lipinski definition) is 6. The van der Waals surface area contributed by atoms with Crippen LogP contribution in [0.5, 0.6) is 0 Å². The van der Waals surface area contributed by atoms with Crippen molar-refractivity contribution in [1.29, 1.82) is 5.26 Å². The van der Waals surface area contributed by atoms with E-state index in [1.165, 1.54) is 6.20 Å².